The predicted octanol–water partition coefficient (Wildman–Crippen LogP) is 0.912. The first-order valence-electron chi connectivity index (χ1n) is 6.21. The number of aromatic nitrogens is 2. The molecule has 0 aliphatic rings. The number of aromatic carboxylic acids is 1. The first-order valence-corrected chi connectivity index (χ1v) is 6.21. The highest BCUT2D eigenvalue weighted by Gasteiger charge is 2.33. The molecule has 1 aromatic rings. The minimum atomic E-state index is -4.41. The van der Waals surface area contributed by atoms with Gasteiger partial charge in [0, 0.05) is 13.1 Å². The topological polar surface area (TPSA) is 92.4 Å². The number of carbonyl (C=O) groups is 2. The van der Waals surface area contributed by atoms with Gasteiger partial charge in [-0.05, 0) is 5.10 Å². The SMILES string of the molecule is C=C(OC)C(F)(F)F.CNC(=O)CC[n+]1ccc(C(=O)O)cn1. The largest absolute Gasteiger partial charge is 0.493 e. The molecule has 1 rings (SSSR count). The van der Waals surface area contributed by atoms with Gasteiger partial charge in [-0.15, -0.1) is 0 Å². The summed E-state index contributed by atoms with van der Waals surface area (Å²) in [5, 5.41) is 15.0. The number of aryl methyl sites for hydroxylation is 1. The summed E-state index contributed by atoms with van der Waals surface area (Å²) in [6, 6.07) is 1.44. The maximum absolute atomic E-state index is 11.2. The molecule has 1 amide bonds. The first kappa shape index (κ1) is 20.3. The lowest BCUT2D eigenvalue weighted by atomic mass is 10.3. The molecule has 0 atom stereocenters. The molecule has 0 saturated heterocycles. The van der Waals surface area contributed by atoms with Crippen LogP contribution in [0.3, 0.4) is 0 Å². The van der Waals surface area contributed by atoms with Crippen LogP contribution in [0.2, 0.25) is 0 Å². The first-order chi connectivity index (χ1) is 10.6. The number of allylic oxidation sites excluding steroid dienone is 1. The van der Waals surface area contributed by atoms with Gasteiger partial charge in [-0.1, -0.05) is 11.3 Å². The van der Waals surface area contributed by atoms with E-state index in [1.54, 1.807) is 7.05 Å². The number of rotatable bonds is 5. The number of nitrogens with one attached hydrogen (secondary N) is 1. The number of hydrogen-bond donors (Lipinski definition) is 2. The van der Waals surface area contributed by atoms with Gasteiger partial charge in [0.1, 0.15) is 6.20 Å². The molecular formula is C13H17F3N3O4+. The molecule has 2 N–H and O–H groups in total. The lowest BCUT2D eigenvalue weighted by Gasteiger charge is -2.06. The summed E-state index contributed by atoms with van der Waals surface area (Å²) in [5.74, 6) is -2.26. The van der Waals surface area contributed by atoms with Crippen LogP contribution in [0.25, 0.3) is 0 Å². The highest BCUT2D eigenvalue weighted by atomic mass is 19.4. The highest BCUT2D eigenvalue weighted by Crippen LogP contribution is 2.23. The number of nitrogens with zero attached hydrogens (tertiary/aromatic N) is 2. The van der Waals surface area contributed by atoms with Gasteiger partial charge in [0.05, 0.1) is 19.1 Å². The fourth-order valence-corrected chi connectivity index (χ4v) is 1.10. The molecule has 0 aliphatic heterocycles. The number of alkyl halides is 3. The summed E-state index contributed by atoms with van der Waals surface area (Å²) in [4.78, 5) is 21.4. The fraction of sp³-hybridized carbons (Fsp3) is 0.385. The summed E-state index contributed by atoms with van der Waals surface area (Å²) < 4.78 is 39.0. The van der Waals surface area contributed by atoms with Gasteiger partial charge in [0.2, 0.25) is 5.91 Å². The lowest BCUT2D eigenvalue weighted by Crippen LogP contribution is -2.39. The second kappa shape index (κ2) is 9.38. The van der Waals surface area contributed by atoms with Crippen molar-refractivity contribution < 1.29 is 37.3 Å². The quantitative estimate of drug-likeness (QED) is 0.616. The van der Waals surface area contributed by atoms with Gasteiger partial charge in [-0.2, -0.15) is 13.2 Å². The summed E-state index contributed by atoms with van der Waals surface area (Å²) in [6.07, 6.45) is -1.30. The molecule has 0 aromatic carbocycles. The molecule has 1 aromatic heterocycles. The third kappa shape index (κ3) is 8.39. The van der Waals surface area contributed by atoms with Crippen molar-refractivity contribution in [1.29, 1.82) is 0 Å². The maximum atomic E-state index is 11.2. The Balaban J connectivity index is 0.000000515. The average Bonchev–Trinajstić information content (AvgIpc) is 2.51. The van der Waals surface area contributed by atoms with Crippen molar-refractivity contribution in [3.05, 3.63) is 36.4 Å². The summed E-state index contributed by atoms with van der Waals surface area (Å²) in [6.45, 7) is 3.03. The van der Waals surface area contributed by atoms with Crippen LogP contribution in [0.1, 0.15) is 16.8 Å². The molecule has 10 heteroatoms. The van der Waals surface area contributed by atoms with Crippen molar-refractivity contribution in [3.8, 4) is 0 Å². The Hall–Kier alpha value is -2.65. The Bertz CT molecular complexity index is 544. The minimum absolute atomic E-state index is 0.0772. The van der Waals surface area contributed by atoms with Crippen molar-refractivity contribution in [2.24, 2.45) is 0 Å². The zero-order valence-electron chi connectivity index (χ0n) is 12.6. The fourth-order valence-electron chi connectivity index (χ4n) is 1.10. The Labute approximate surface area is 130 Å². The maximum Gasteiger partial charge on any atom is 0.448 e. The molecule has 1 heterocycles. The van der Waals surface area contributed by atoms with Crippen LogP contribution in [0.15, 0.2) is 30.8 Å². The van der Waals surface area contributed by atoms with E-state index >= 15 is 0 Å². The number of ether oxygens (including phenoxy) is 1. The molecule has 0 spiro atoms. The second-order valence-electron chi connectivity index (χ2n) is 4.03. The molecule has 7 nitrogen and oxygen atoms in total. The Morgan fingerprint density at radius 3 is 2.39 bits per heavy atom. The third-order valence-corrected chi connectivity index (χ3v) is 2.43. The molecule has 0 radical (unpaired) electrons. The van der Waals surface area contributed by atoms with Gasteiger partial charge in [0.25, 0.3) is 0 Å². The molecule has 0 saturated carbocycles. The molecule has 0 aliphatic carbocycles. The van der Waals surface area contributed by atoms with E-state index in [1.807, 2.05) is 0 Å². The summed E-state index contributed by atoms with van der Waals surface area (Å²) in [7, 11) is 2.49. The van der Waals surface area contributed by atoms with E-state index in [9.17, 15) is 22.8 Å². The number of carbonyl (C=O) groups excluding carboxylic acids is 1. The van der Waals surface area contributed by atoms with Crippen LogP contribution in [0, 0.1) is 0 Å². The Morgan fingerprint density at radius 1 is 1.48 bits per heavy atom. The van der Waals surface area contributed by atoms with E-state index in [0.717, 1.165) is 7.11 Å². The number of methoxy groups -OCH3 is 1. The van der Waals surface area contributed by atoms with E-state index in [0.29, 0.717) is 13.0 Å². The molecule has 0 unspecified atom stereocenters. The zero-order chi connectivity index (χ0) is 18.0. The van der Waals surface area contributed by atoms with Crippen LogP contribution >= 0.6 is 0 Å². The van der Waals surface area contributed by atoms with Crippen LogP contribution in [0.4, 0.5) is 13.2 Å². The normalized spacial score (nSPS) is 10.1. The molecule has 0 bridgehead atoms. The van der Waals surface area contributed by atoms with Crippen LogP contribution in [-0.4, -0.2) is 42.4 Å². The van der Waals surface area contributed by atoms with E-state index in [-0.39, 0.29) is 11.5 Å². The van der Waals surface area contributed by atoms with Gasteiger partial charge < -0.3 is 15.2 Å². The standard InChI is InChI=1S/C9H11N3O3.C4H5F3O/c1-10-8(13)3-5-12-4-2-7(6-11-12)9(14)15;1-3(8-2)4(5,6)7/h2,4,6H,3,5H2,1H3,(H-,10,13,14,15);1H2,2H3/p+1. The average molecular weight is 336 g/mol. The van der Waals surface area contributed by atoms with E-state index in [4.69, 9.17) is 5.11 Å². The van der Waals surface area contributed by atoms with Crippen LogP contribution in [-0.2, 0) is 16.1 Å². The minimum Gasteiger partial charge on any atom is -0.493 e. The summed E-state index contributed by atoms with van der Waals surface area (Å²) in [5.41, 5.74) is 0.131. The van der Waals surface area contributed by atoms with Gasteiger partial charge in [-0.25, -0.2) is 4.79 Å². The van der Waals surface area contributed by atoms with Gasteiger partial charge >= 0.3 is 12.1 Å². The molecule has 23 heavy (non-hydrogen) atoms. The number of carboxylic acids is 1. The summed E-state index contributed by atoms with van der Waals surface area (Å²) >= 11 is 0. The smallest absolute Gasteiger partial charge is 0.448 e. The molecular weight excluding hydrogens is 319 g/mol. The highest BCUT2D eigenvalue weighted by molar-refractivity contribution is 5.86. The van der Waals surface area contributed by atoms with Gasteiger partial charge in [-0.3, -0.25) is 4.79 Å². The second-order valence-corrected chi connectivity index (χ2v) is 4.03. The Kier molecular flexibility index (Phi) is 8.30. The van der Waals surface area contributed by atoms with Crippen LogP contribution < -0.4 is 10.00 Å². The lowest BCUT2D eigenvalue weighted by molar-refractivity contribution is -0.752. The zero-order valence-corrected chi connectivity index (χ0v) is 12.6. The van der Waals surface area contributed by atoms with Crippen molar-refractivity contribution in [3.63, 3.8) is 0 Å². The van der Waals surface area contributed by atoms with Gasteiger partial charge in [0.15, 0.2) is 18.5 Å². The monoisotopic (exact) mass is 336 g/mol. The van der Waals surface area contributed by atoms with E-state index in [2.05, 4.69) is 21.7 Å². The molecule has 0 fully saturated rings. The molecule has 128 valence electrons. The number of amides is 1. The number of hydrogen-bond acceptors (Lipinski definition) is 4. The van der Waals surface area contributed by atoms with Crippen molar-refractivity contribution in [1.82, 2.24) is 10.4 Å². The van der Waals surface area contributed by atoms with Crippen LogP contribution in [0.5, 0.6) is 0 Å². The number of halogens is 3. The Morgan fingerprint density at radius 2 is 2.09 bits per heavy atom. The van der Waals surface area contributed by atoms with Crippen molar-refractivity contribution in [2.75, 3.05) is 14.2 Å². The van der Waals surface area contributed by atoms with E-state index in [1.165, 1.54) is 23.1 Å². The number of carboxylic acid groups (broad SMARTS) is 1. The van der Waals surface area contributed by atoms with Crippen molar-refractivity contribution >= 4 is 11.9 Å². The predicted molar refractivity (Wildman–Crippen MR) is 72.3 cm³/mol. The third-order valence-electron chi connectivity index (χ3n) is 2.43. The van der Waals surface area contributed by atoms with E-state index < -0.39 is 17.9 Å². The van der Waals surface area contributed by atoms with Crippen molar-refractivity contribution in [2.45, 2.75) is 19.1 Å².